The van der Waals surface area contributed by atoms with E-state index in [1.807, 2.05) is 61.5 Å². The second kappa shape index (κ2) is 38.2. The fraction of sp³-hybridized carbons (Fsp3) is 0.817. The summed E-state index contributed by atoms with van der Waals surface area (Å²) in [5.74, 6) is -9.83. The first kappa shape index (κ1) is 84.0. The van der Waals surface area contributed by atoms with Crippen LogP contribution in [0.1, 0.15) is 175 Å². The van der Waals surface area contributed by atoms with Crippen LogP contribution in [0.15, 0.2) is 12.2 Å². The number of amides is 11. The number of allylic oxidation sites excluding steroid dienone is 2. The molecule has 1 unspecified atom stereocenters. The average Bonchev–Trinajstić information content (AvgIpc) is 0.809. The van der Waals surface area contributed by atoms with E-state index in [0.29, 0.717) is 25.4 Å². The molecule has 11 amide bonds. The van der Waals surface area contributed by atoms with Gasteiger partial charge in [-0.2, -0.15) is 0 Å². The van der Waals surface area contributed by atoms with Gasteiger partial charge in [-0.15, -0.1) is 0 Å². The second-order valence-corrected chi connectivity index (χ2v) is 30.0. The third kappa shape index (κ3) is 22.1. The minimum Gasteiger partial charge on any atom is -0.390 e. The number of hydrogen-bond acceptors (Lipinski definition) is 14. The lowest BCUT2D eigenvalue weighted by molar-refractivity contribution is -0.157. The molecule has 3 rings (SSSR count). The number of nitrogens with one attached hydrogen (secondary N) is 4. The normalized spacial score (nSPS) is 28.5. The molecule has 0 aromatic heterocycles. The van der Waals surface area contributed by atoms with Crippen LogP contribution < -0.4 is 21.3 Å². The van der Waals surface area contributed by atoms with Gasteiger partial charge in [0.05, 0.1) is 6.10 Å². The minimum absolute atomic E-state index is 0.0137. The first-order valence-electron chi connectivity index (χ1n) is 35.5. The Bertz CT molecular complexity index is 2660. The molecule has 2 saturated heterocycles. The van der Waals surface area contributed by atoms with Crippen LogP contribution in [0.25, 0.3) is 0 Å². The smallest absolute Gasteiger partial charge is 0.246 e. The molecule has 25 heteroatoms. The highest BCUT2D eigenvalue weighted by atomic mass is 16.3. The topological polar surface area (TPSA) is 285 Å². The molecular weight excluding hydrogens is 1230 g/mol. The van der Waals surface area contributed by atoms with Crippen LogP contribution in [0.3, 0.4) is 0 Å². The molecule has 0 spiro atoms. The highest BCUT2D eigenvalue weighted by molar-refractivity contribution is 6.00. The number of nitrogens with zero attached hydrogens (tertiary/aromatic N) is 9. The average molecular weight is 1350 g/mol. The molecular formula is C71H127N13O12. The number of carbonyl (C=O) groups excluding carboxylic acids is 11. The Hall–Kier alpha value is -6.21. The van der Waals surface area contributed by atoms with Crippen molar-refractivity contribution in [2.75, 3.05) is 82.1 Å². The largest absolute Gasteiger partial charge is 0.390 e. The monoisotopic (exact) mass is 1350 g/mol. The molecule has 3 fully saturated rings. The molecule has 2 heterocycles. The van der Waals surface area contributed by atoms with Gasteiger partial charge >= 0.3 is 0 Å². The van der Waals surface area contributed by atoms with Crippen molar-refractivity contribution < 1.29 is 57.8 Å². The van der Waals surface area contributed by atoms with E-state index in [2.05, 4.69) is 31.1 Å². The Labute approximate surface area is 575 Å². The molecule has 0 radical (unpaired) electrons. The summed E-state index contributed by atoms with van der Waals surface area (Å²) in [7, 11) is 10.1. The standard InChI is InChI=1S/C71H127N13O12/c1-25-27-29-46(13)60(85)59-64(89)74-52(26-2)67(92)76(18)50(17)66(91)81(23)58(47(14)40-83-34-36-84(37-35-83)51-30-28-31-51)63(88)75-56(44(9)10)70(95)77(19)53(33-32-41(3)4)62(87)72-48(15)61(86)73-49(16)65(90)78(20)54(38-42(5)6)68(93)79(21)55(39-43(7)8)69(94)80(22)57(45(11)12)71(96)82(59)24/h25,27,41-60,85H,26,28-40H2,1-24H3,(H,72,87)(H,73,86)(H,74,89)(H,75,88)/b27-25+/t46-,47+,48+,49-,50-,52+,53+,54+,55?,56+,57+,58+,59+,60-/m1/s1. The lowest BCUT2D eigenvalue weighted by atomic mass is 9.91. The summed E-state index contributed by atoms with van der Waals surface area (Å²) in [6, 6.07) is -13.2. The molecule has 0 aromatic carbocycles. The van der Waals surface area contributed by atoms with Crippen molar-refractivity contribution in [3.8, 4) is 0 Å². The first-order chi connectivity index (χ1) is 44.7. The fourth-order valence-electron chi connectivity index (χ4n) is 13.5. The summed E-state index contributed by atoms with van der Waals surface area (Å²) >= 11 is 0. The van der Waals surface area contributed by atoms with E-state index < -0.39 is 161 Å². The van der Waals surface area contributed by atoms with Crippen molar-refractivity contribution in [2.45, 2.75) is 254 Å². The third-order valence-electron chi connectivity index (χ3n) is 20.2. The molecule has 3 aliphatic rings. The number of hydrogen-bond donors (Lipinski definition) is 5. The van der Waals surface area contributed by atoms with Crippen molar-refractivity contribution in [3.63, 3.8) is 0 Å². The van der Waals surface area contributed by atoms with Crippen LogP contribution in [0.4, 0.5) is 0 Å². The maximum absolute atomic E-state index is 15.3. The van der Waals surface area contributed by atoms with Gasteiger partial charge in [0.15, 0.2) is 0 Å². The Morgan fingerprint density at radius 1 is 0.490 bits per heavy atom. The first-order valence-corrected chi connectivity index (χ1v) is 35.5. The summed E-state index contributed by atoms with van der Waals surface area (Å²) in [5, 5.41) is 23.6. The Balaban J connectivity index is 2.34. The quantitative estimate of drug-likeness (QED) is 0.122. The van der Waals surface area contributed by atoms with Crippen LogP contribution >= 0.6 is 0 Å². The SMILES string of the molecule is C/C=C/C[C@@H](C)[C@@H](O)[C@H]1C(=O)N[C@@H](CC)C(=O)N(C)[C@H](C)C(=O)N(C)[C@@H]([C@@H](C)CN2CCN(C3CCC3)CC2)C(=O)N[C@@H](C(C)C)C(=O)N(C)[C@@H](CCC(C)C)C(=O)N[C@@H](C)C(=O)N[C@H](C)C(=O)N(C)[C@@H](CC(C)C)C(=O)N(C)C(CC(C)C)C(=O)N(C)[C@@H](C(C)C)C(=O)N1C. The molecule has 96 heavy (non-hydrogen) atoms. The van der Waals surface area contributed by atoms with Gasteiger partial charge in [0.2, 0.25) is 65.0 Å². The van der Waals surface area contributed by atoms with Crippen molar-refractivity contribution in [1.82, 2.24) is 65.4 Å². The Morgan fingerprint density at radius 2 is 0.979 bits per heavy atom. The molecule has 0 bridgehead atoms. The summed E-state index contributed by atoms with van der Waals surface area (Å²) in [4.78, 5) is 178. The molecule has 25 nitrogen and oxygen atoms in total. The summed E-state index contributed by atoms with van der Waals surface area (Å²) in [6.07, 6.45) is 6.94. The molecule has 1 aliphatic carbocycles. The molecule has 1 saturated carbocycles. The zero-order valence-electron chi connectivity index (χ0n) is 63.1. The number of rotatable bonds is 18. The van der Waals surface area contributed by atoms with Crippen LogP contribution in [0.5, 0.6) is 0 Å². The van der Waals surface area contributed by atoms with Gasteiger partial charge in [-0.05, 0) is 120 Å². The van der Waals surface area contributed by atoms with E-state index in [-0.39, 0.29) is 43.4 Å². The van der Waals surface area contributed by atoms with Crippen molar-refractivity contribution in [1.29, 1.82) is 0 Å². The predicted molar refractivity (Wildman–Crippen MR) is 373 cm³/mol. The van der Waals surface area contributed by atoms with E-state index in [1.165, 1.54) is 119 Å². The van der Waals surface area contributed by atoms with Gasteiger partial charge in [-0.25, -0.2) is 0 Å². The lowest BCUT2D eigenvalue weighted by Gasteiger charge is -2.44. The molecule has 0 aromatic rings. The van der Waals surface area contributed by atoms with Gasteiger partial charge in [0.1, 0.15) is 66.5 Å². The van der Waals surface area contributed by atoms with Crippen molar-refractivity contribution in [2.24, 2.45) is 41.4 Å². The van der Waals surface area contributed by atoms with E-state index in [9.17, 15) is 24.3 Å². The maximum atomic E-state index is 15.3. The predicted octanol–water partition coefficient (Wildman–Crippen LogP) is 3.81. The van der Waals surface area contributed by atoms with E-state index >= 15 is 33.6 Å². The van der Waals surface area contributed by atoms with Gasteiger partial charge in [0, 0.05) is 88.1 Å². The number of piperazine rings is 1. The highest BCUT2D eigenvalue weighted by Gasteiger charge is 2.47. The van der Waals surface area contributed by atoms with Crippen molar-refractivity contribution in [3.05, 3.63) is 12.2 Å². The summed E-state index contributed by atoms with van der Waals surface area (Å²) in [5.41, 5.74) is 0. The Kier molecular flexibility index (Phi) is 33.5. The van der Waals surface area contributed by atoms with E-state index in [1.54, 1.807) is 47.6 Å². The maximum Gasteiger partial charge on any atom is 0.246 e. The molecule has 2 aliphatic heterocycles. The number of aliphatic hydroxyl groups excluding tert-OH is 1. The highest BCUT2D eigenvalue weighted by Crippen LogP contribution is 2.28. The number of aliphatic hydroxyl groups is 1. The minimum atomic E-state index is -1.62. The van der Waals surface area contributed by atoms with Crippen LogP contribution in [-0.4, -0.2) is 275 Å². The second-order valence-electron chi connectivity index (χ2n) is 30.0. The number of carbonyl (C=O) groups is 11. The van der Waals surface area contributed by atoms with Crippen molar-refractivity contribution >= 4 is 65.0 Å². The summed E-state index contributed by atoms with van der Waals surface area (Å²) in [6.45, 7) is 33.6. The van der Waals surface area contributed by atoms with Gasteiger partial charge in [-0.3, -0.25) is 57.6 Å². The van der Waals surface area contributed by atoms with E-state index in [0.717, 1.165) is 31.1 Å². The molecule has 548 valence electrons. The van der Waals surface area contributed by atoms with Gasteiger partial charge < -0.3 is 65.6 Å². The zero-order valence-corrected chi connectivity index (χ0v) is 63.1. The summed E-state index contributed by atoms with van der Waals surface area (Å²) < 4.78 is 0. The van der Waals surface area contributed by atoms with Gasteiger partial charge in [0.25, 0.3) is 0 Å². The third-order valence-corrected chi connectivity index (χ3v) is 20.2. The molecule has 5 N–H and O–H groups in total. The van der Waals surface area contributed by atoms with E-state index in [4.69, 9.17) is 0 Å². The molecule has 14 atom stereocenters. The zero-order chi connectivity index (χ0) is 73.2. The number of likely N-dealkylation sites (N-methyl/N-ethyl adjacent to an activating group) is 7. The lowest BCUT2D eigenvalue weighted by Crippen LogP contribution is -2.64. The van der Waals surface area contributed by atoms with Crippen LogP contribution in [0, 0.1) is 41.4 Å². The van der Waals surface area contributed by atoms with Crippen LogP contribution in [0.2, 0.25) is 0 Å². The Morgan fingerprint density at radius 3 is 1.46 bits per heavy atom. The fourth-order valence-corrected chi connectivity index (χ4v) is 13.5. The van der Waals surface area contributed by atoms with Crippen LogP contribution in [-0.2, 0) is 52.7 Å². The van der Waals surface area contributed by atoms with Gasteiger partial charge in [-0.1, -0.05) is 109 Å².